The first-order valence-corrected chi connectivity index (χ1v) is 10.0. The Bertz CT molecular complexity index is 876. The van der Waals surface area contributed by atoms with Crippen LogP contribution in [-0.4, -0.2) is 38.2 Å². The van der Waals surface area contributed by atoms with Crippen molar-refractivity contribution in [2.75, 3.05) is 0 Å². The molecule has 6 nitrogen and oxygen atoms in total. The number of carboxylic acids is 1. The van der Waals surface area contributed by atoms with Crippen molar-refractivity contribution in [3.8, 4) is 5.69 Å². The second-order valence-electron chi connectivity index (χ2n) is 7.53. The molecule has 156 valence electrons. The van der Waals surface area contributed by atoms with Crippen molar-refractivity contribution in [3.05, 3.63) is 53.1 Å². The van der Waals surface area contributed by atoms with E-state index >= 15 is 0 Å². The molecule has 0 bridgehead atoms. The van der Waals surface area contributed by atoms with Gasteiger partial charge in [-0.25, -0.2) is 9.07 Å². The molecule has 1 aliphatic carbocycles. The van der Waals surface area contributed by atoms with Crippen molar-refractivity contribution in [2.24, 2.45) is 0 Å². The number of hydrogen-bond donors (Lipinski definition) is 2. The van der Waals surface area contributed by atoms with E-state index in [9.17, 15) is 24.5 Å². The van der Waals surface area contributed by atoms with Gasteiger partial charge in [-0.1, -0.05) is 13.0 Å². The number of aliphatic carboxylic acids is 1. The molecule has 0 saturated heterocycles. The predicted molar refractivity (Wildman–Crippen MR) is 105 cm³/mol. The molecule has 1 aliphatic rings. The van der Waals surface area contributed by atoms with Crippen LogP contribution in [0.15, 0.2) is 30.3 Å². The van der Waals surface area contributed by atoms with Crippen molar-refractivity contribution < 1.29 is 24.5 Å². The number of nitrogens with zero attached hydrogens (tertiary/aromatic N) is 2. The van der Waals surface area contributed by atoms with E-state index in [1.54, 1.807) is 22.9 Å². The zero-order valence-electron chi connectivity index (χ0n) is 16.4. The highest BCUT2D eigenvalue weighted by molar-refractivity contribution is 5.64. The molecule has 3 rings (SSSR count). The third-order valence-electron chi connectivity index (χ3n) is 5.38. The highest BCUT2D eigenvalue weighted by Crippen LogP contribution is 2.36. The first-order chi connectivity index (χ1) is 13.9. The maximum atomic E-state index is 13.4. The van der Waals surface area contributed by atoms with Crippen molar-refractivity contribution in [2.45, 2.75) is 63.6 Å². The molecule has 1 aromatic carbocycles. The van der Waals surface area contributed by atoms with Crippen LogP contribution in [0.5, 0.6) is 0 Å². The molecule has 0 amide bonds. The number of halogens is 1. The van der Waals surface area contributed by atoms with E-state index in [0.29, 0.717) is 5.92 Å². The van der Waals surface area contributed by atoms with Gasteiger partial charge >= 0.3 is 0 Å². The highest BCUT2D eigenvalue weighted by atomic mass is 19.1. The van der Waals surface area contributed by atoms with Crippen LogP contribution in [0.1, 0.15) is 61.9 Å². The van der Waals surface area contributed by atoms with Gasteiger partial charge in [0.1, 0.15) is 5.82 Å². The average Bonchev–Trinajstić information content (AvgIpc) is 3.04. The Morgan fingerprint density at radius 1 is 1.38 bits per heavy atom. The van der Waals surface area contributed by atoms with Gasteiger partial charge in [-0.15, -0.1) is 0 Å². The number of aromatic nitrogens is 2. The van der Waals surface area contributed by atoms with E-state index < -0.39 is 24.6 Å². The van der Waals surface area contributed by atoms with E-state index in [1.165, 1.54) is 18.2 Å². The molecule has 1 aromatic heterocycles. The van der Waals surface area contributed by atoms with Crippen molar-refractivity contribution in [1.82, 2.24) is 9.78 Å². The lowest BCUT2D eigenvalue weighted by atomic mass is 9.85. The molecule has 1 unspecified atom stereocenters. The molecule has 2 N–H and O–H groups in total. The fraction of sp³-hybridized carbons (Fsp3) is 0.455. The van der Waals surface area contributed by atoms with Crippen LogP contribution in [0, 0.1) is 5.82 Å². The number of carbonyl (C=O) groups is 1. The van der Waals surface area contributed by atoms with Gasteiger partial charge in [0.2, 0.25) is 0 Å². The summed E-state index contributed by atoms with van der Waals surface area (Å²) in [6.45, 7) is 2.13. The summed E-state index contributed by atoms with van der Waals surface area (Å²) in [5, 5.41) is 35.3. The number of benzene rings is 1. The molecule has 3 atom stereocenters. The van der Waals surface area contributed by atoms with Gasteiger partial charge in [-0.3, -0.25) is 0 Å². The molecule has 0 saturated carbocycles. The minimum absolute atomic E-state index is 0.102. The summed E-state index contributed by atoms with van der Waals surface area (Å²) in [4.78, 5) is 10.6. The van der Waals surface area contributed by atoms with Crippen LogP contribution in [0.2, 0.25) is 0 Å². The summed E-state index contributed by atoms with van der Waals surface area (Å²) >= 11 is 0. The van der Waals surface area contributed by atoms with Crippen molar-refractivity contribution in [3.63, 3.8) is 0 Å². The quantitative estimate of drug-likeness (QED) is 0.706. The van der Waals surface area contributed by atoms with E-state index in [0.717, 1.165) is 48.3 Å². The number of carboxylic acid groups (broad SMARTS) is 1. The lowest BCUT2D eigenvalue weighted by Gasteiger charge is -2.19. The number of fused-ring (bicyclic) bond motifs is 1. The third-order valence-corrected chi connectivity index (χ3v) is 5.38. The maximum Gasteiger partial charge on any atom is 0.123 e. The Balaban J connectivity index is 1.92. The van der Waals surface area contributed by atoms with Gasteiger partial charge in [0, 0.05) is 30.3 Å². The Morgan fingerprint density at radius 3 is 2.76 bits per heavy atom. The van der Waals surface area contributed by atoms with Gasteiger partial charge in [-0.05, 0) is 56.0 Å². The fourth-order valence-electron chi connectivity index (χ4n) is 3.91. The summed E-state index contributed by atoms with van der Waals surface area (Å²) in [7, 11) is 0. The Morgan fingerprint density at radius 2 is 2.10 bits per heavy atom. The molecule has 2 aromatic rings. The van der Waals surface area contributed by atoms with Crippen LogP contribution in [0.3, 0.4) is 0 Å². The Kier molecular flexibility index (Phi) is 6.82. The minimum Gasteiger partial charge on any atom is -0.550 e. The number of aliphatic hydroxyl groups excluding tert-OH is 2. The van der Waals surface area contributed by atoms with Gasteiger partial charge < -0.3 is 20.1 Å². The first-order valence-electron chi connectivity index (χ1n) is 10.0. The van der Waals surface area contributed by atoms with Crippen LogP contribution in [-0.2, 0) is 11.2 Å². The van der Waals surface area contributed by atoms with Gasteiger partial charge in [0.05, 0.1) is 29.3 Å². The molecular formula is C22H26FN2O4-. The van der Waals surface area contributed by atoms with Crippen LogP contribution < -0.4 is 5.11 Å². The SMILES string of the molecule is CCC1CCCc2c1nn(-c1ccc(F)cc1)c2/C=C/[C@@H](O)C[C@@H](O)CC(=O)[O-]. The third kappa shape index (κ3) is 5.10. The largest absolute Gasteiger partial charge is 0.550 e. The second-order valence-corrected chi connectivity index (χ2v) is 7.53. The lowest BCUT2D eigenvalue weighted by molar-refractivity contribution is -0.307. The van der Waals surface area contributed by atoms with E-state index in [2.05, 4.69) is 6.92 Å². The molecule has 0 fully saturated rings. The van der Waals surface area contributed by atoms with Gasteiger partial charge in [0.15, 0.2) is 0 Å². The molecular weight excluding hydrogens is 375 g/mol. The first kappa shape index (κ1) is 21.2. The standard InChI is InChI=1S/C22H27FN2O4/c1-2-14-4-3-5-19-20(11-10-17(26)12-18(27)13-21(28)29)25(24-22(14)19)16-8-6-15(23)7-9-16/h6-11,14,17-18,26-27H,2-5,12-13H2,1H3,(H,28,29)/p-1/b11-10+/t14?,17-,18-/m1/s1. The number of hydrogen-bond acceptors (Lipinski definition) is 5. The van der Waals surface area contributed by atoms with E-state index in [1.807, 2.05) is 0 Å². The molecule has 1 heterocycles. The summed E-state index contributed by atoms with van der Waals surface area (Å²) in [6.07, 6.45) is 4.45. The van der Waals surface area contributed by atoms with Crippen LogP contribution >= 0.6 is 0 Å². The minimum atomic E-state index is -1.36. The van der Waals surface area contributed by atoms with Gasteiger partial charge in [-0.2, -0.15) is 5.10 Å². The van der Waals surface area contributed by atoms with E-state index in [4.69, 9.17) is 5.10 Å². The van der Waals surface area contributed by atoms with Crippen molar-refractivity contribution in [1.29, 1.82) is 0 Å². The smallest absolute Gasteiger partial charge is 0.123 e. The molecule has 0 aliphatic heterocycles. The second kappa shape index (κ2) is 9.33. The summed E-state index contributed by atoms with van der Waals surface area (Å²) in [5.74, 6) is -1.32. The topological polar surface area (TPSA) is 98.4 Å². The van der Waals surface area contributed by atoms with Crippen molar-refractivity contribution >= 4 is 12.0 Å². The van der Waals surface area contributed by atoms with E-state index in [-0.39, 0.29) is 12.2 Å². The normalized spacial score (nSPS) is 18.6. The predicted octanol–water partition coefficient (Wildman–Crippen LogP) is 2.11. The average molecular weight is 401 g/mol. The Labute approximate surface area is 169 Å². The Hall–Kier alpha value is -2.51. The monoisotopic (exact) mass is 401 g/mol. The fourth-order valence-corrected chi connectivity index (χ4v) is 3.91. The molecule has 7 heteroatoms. The lowest BCUT2D eigenvalue weighted by Crippen LogP contribution is -2.29. The number of aliphatic hydroxyl groups is 2. The molecule has 0 spiro atoms. The number of rotatable bonds is 8. The molecule has 0 radical (unpaired) electrons. The summed E-state index contributed by atoms with van der Waals surface area (Å²) < 4.78 is 15.1. The highest BCUT2D eigenvalue weighted by Gasteiger charge is 2.26. The molecule has 29 heavy (non-hydrogen) atoms. The zero-order valence-corrected chi connectivity index (χ0v) is 16.4. The van der Waals surface area contributed by atoms with Crippen LogP contribution in [0.4, 0.5) is 4.39 Å². The maximum absolute atomic E-state index is 13.4. The summed E-state index contributed by atoms with van der Waals surface area (Å²) in [6, 6.07) is 6.08. The zero-order chi connectivity index (χ0) is 21.0. The van der Waals surface area contributed by atoms with Gasteiger partial charge in [0.25, 0.3) is 0 Å². The summed E-state index contributed by atoms with van der Waals surface area (Å²) in [5.41, 5.74) is 3.69. The van der Waals surface area contributed by atoms with Crippen LogP contribution in [0.25, 0.3) is 11.8 Å². The number of carbonyl (C=O) groups excluding carboxylic acids is 1.